The Balaban J connectivity index is 1.54. The van der Waals surface area contributed by atoms with Crippen LogP contribution in [0, 0.1) is 0 Å². The highest BCUT2D eigenvalue weighted by Crippen LogP contribution is 2.19. The lowest BCUT2D eigenvalue weighted by Gasteiger charge is -2.28. The van der Waals surface area contributed by atoms with Crippen molar-refractivity contribution < 1.29 is 9.53 Å². The zero-order valence-corrected chi connectivity index (χ0v) is 12.0. The summed E-state index contributed by atoms with van der Waals surface area (Å²) >= 11 is 0. The first-order chi connectivity index (χ1) is 10.4. The number of rotatable bonds is 5. The van der Waals surface area contributed by atoms with Crippen LogP contribution in [0.5, 0.6) is 5.75 Å². The minimum absolute atomic E-state index is 0.604. The highest BCUT2D eigenvalue weighted by atomic mass is 16.5. The second kappa shape index (κ2) is 6.55. The third kappa shape index (κ3) is 3.31. The largest absolute Gasteiger partial charge is 0.492 e. The first-order valence-corrected chi connectivity index (χ1v) is 7.33. The predicted molar refractivity (Wildman–Crippen MR) is 82.7 cm³/mol. The number of hydrogen-bond donors (Lipinski definition) is 0. The Morgan fingerprint density at radius 1 is 1.05 bits per heavy atom. The van der Waals surface area contributed by atoms with Crippen molar-refractivity contribution >= 4 is 6.29 Å². The highest BCUT2D eigenvalue weighted by Gasteiger charge is 2.15. The molecule has 0 spiro atoms. The molecule has 0 atom stereocenters. The van der Waals surface area contributed by atoms with Crippen LogP contribution in [-0.4, -0.2) is 30.9 Å². The summed E-state index contributed by atoms with van der Waals surface area (Å²) in [6.45, 7) is 3.53. The zero-order chi connectivity index (χ0) is 14.5. The van der Waals surface area contributed by atoms with E-state index in [9.17, 15) is 4.79 Å². The lowest BCUT2D eigenvalue weighted by molar-refractivity contribution is 0.111. The van der Waals surface area contributed by atoms with E-state index in [-0.39, 0.29) is 0 Å². The summed E-state index contributed by atoms with van der Waals surface area (Å²) in [5, 5.41) is 0. The van der Waals surface area contributed by atoms with Crippen molar-refractivity contribution in [1.29, 1.82) is 0 Å². The van der Waals surface area contributed by atoms with E-state index in [1.807, 2.05) is 18.2 Å². The first kappa shape index (κ1) is 13.8. The zero-order valence-electron chi connectivity index (χ0n) is 12.0. The van der Waals surface area contributed by atoms with E-state index in [1.54, 1.807) is 6.07 Å². The van der Waals surface area contributed by atoms with Gasteiger partial charge in [-0.2, -0.15) is 0 Å². The summed E-state index contributed by atoms with van der Waals surface area (Å²) < 4.78 is 5.75. The Kier molecular flexibility index (Phi) is 4.31. The Labute approximate surface area is 125 Å². The number of nitrogens with zero attached hydrogens (tertiary/aromatic N) is 1. The lowest BCUT2D eigenvalue weighted by atomic mass is 10.0. The fourth-order valence-electron chi connectivity index (χ4n) is 2.74. The van der Waals surface area contributed by atoms with Gasteiger partial charge in [-0.05, 0) is 29.7 Å². The average Bonchev–Trinajstić information content (AvgIpc) is 2.55. The van der Waals surface area contributed by atoms with Crippen molar-refractivity contribution in [3.8, 4) is 5.75 Å². The minimum atomic E-state index is 0.604. The number of carbonyl (C=O) groups is 1. The number of carbonyl (C=O) groups excluding carboxylic acids is 1. The van der Waals surface area contributed by atoms with Crippen LogP contribution in [0.4, 0.5) is 0 Å². The third-order valence-corrected chi connectivity index (χ3v) is 3.92. The quantitative estimate of drug-likeness (QED) is 0.789. The molecule has 0 fully saturated rings. The van der Waals surface area contributed by atoms with Gasteiger partial charge in [-0.15, -0.1) is 0 Å². The van der Waals surface area contributed by atoms with Gasteiger partial charge in [0.1, 0.15) is 12.4 Å². The number of para-hydroxylation sites is 1. The van der Waals surface area contributed by atoms with E-state index in [0.717, 1.165) is 32.3 Å². The maximum absolute atomic E-state index is 10.9. The summed E-state index contributed by atoms with van der Waals surface area (Å²) in [5.74, 6) is 0.671. The molecule has 0 unspecified atom stereocenters. The van der Waals surface area contributed by atoms with Crippen LogP contribution in [0.3, 0.4) is 0 Å². The predicted octanol–water partition coefficient (Wildman–Crippen LogP) is 2.94. The van der Waals surface area contributed by atoms with Crippen LogP contribution in [0.1, 0.15) is 21.5 Å². The Morgan fingerprint density at radius 2 is 1.81 bits per heavy atom. The standard InChI is InChI=1S/C18H19NO2/c20-14-17-7-3-4-8-18(17)21-12-11-19-10-9-15-5-1-2-6-16(15)13-19/h1-8,14H,9-13H2. The van der Waals surface area contributed by atoms with E-state index >= 15 is 0 Å². The van der Waals surface area contributed by atoms with Gasteiger partial charge in [0.25, 0.3) is 0 Å². The Bertz CT molecular complexity index is 624. The van der Waals surface area contributed by atoms with Gasteiger partial charge in [0.2, 0.25) is 0 Å². The molecule has 0 saturated carbocycles. The van der Waals surface area contributed by atoms with Gasteiger partial charge in [0.15, 0.2) is 6.29 Å². The fraction of sp³-hybridized carbons (Fsp3) is 0.278. The van der Waals surface area contributed by atoms with Crippen LogP contribution >= 0.6 is 0 Å². The average molecular weight is 281 g/mol. The number of benzene rings is 2. The summed E-state index contributed by atoms with van der Waals surface area (Å²) in [7, 11) is 0. The molecule has 0 bridgehead atoms. The van der Waals surface area contributed by atoms with E-state index in [0.29, 0.717) is 17.9 Å². The Morgan fingerprint density at radius 3 is 2.67 bits per heavy atom. The van der Waals surface area contributed by atoms with Crippen molar-refractivity contribution in [3.05, 3.63) is 65.2 Å². The molecule has 0 amide bonds. The van der Waals surface area contributed by atoms with Crippen molar-refractivity contribution in [2.75, 3.05) is 19.7 Å². The smallest absolute Gasteiger partial charge is 0.153 e. The highest BCUT2D eigenvalue weighted by molar-refractivity contribution is 5.79. The van der Waals surface area contributed by atoms with Crippen LogP contribution in [0.15, 0.2) is 48.5 Å². The molecule has 0 saturated heterocycles. The molecule has 0 radical (unpaired) electrons. The summed E-state index contributed by atoms with van der Waals surface area (Å²) in [6.07, 6.45) is 1.94. The number of ether oxygens (including phenoxy) is 1. The van der Waals surface area contributed by atoms with E-state index in [1.165, 1.54) is 11.1 Å². The molecule has 21 heavy (non-hydrogen) atoms. The molecule has 3 nitrogen and oxygen atoms in total. The molecule has 0 aliphatic carbocycles. The van der Waals surface area contributed by atoms with E-state index < -0.39 is 0 Å². The van der Waals surface area contributed by atoms with E-state index in [4.69, 9.17) is 4.74 Å². The summed E-state index contributed by atoms with van der Waals surface area (Å²) in [5.41, 5.74) is 3.49. The van der Waals surface area contributed by atoms with Crippen molar-refractivity contribution in [2.24, 2.45) is 0 Å². The van der Waals surface area contributed by atoms with Crippen LogP contribution < -0.4 is 4.74 Å². The normalized spacial score (nSPS) is 14.5. The summed E-state index contributed by atoms with van der Waals surface area (Å²) in [6, 6.07) is 16.0. The molecule has 2 aromatic rings. The first-order valence-electron chi connectivity index (χ1n) is 7.33. The molecule has 1 aliphatic rings. The second-order valence-electron chi connectivity index (χ2n) is 5.30. The topological polar surface area (TPSA) is 29.5 Å². The van der Waals surface area contributed by atoms with Gasteiger partial charge < -0.3 is 4.74 Å². The van der Waals surface area contributed by atoms with Crippen LogP contribution in [0.2, 0.25) is 0 Å². The van der Waals surface area contributed by atoms with Gasteiger partial charge in [-0.3, -0.25) is 9.69 Å². The maximum Gasteiger partial charge on any atom is 0.153 e. The maximum atomic E-state index is 10.9. The van der Waals surface area contributed by atoms with E-state index in [2.05, 4.69) is 29.2 Å². The van der Waals surface area contributed by atoms with Gasteiger partial charge in [-0.1, -0.05) is 36.4 Å². The number of fused-ring (bicyclic) bond motifs is 1. The molecule has 3 heteroatoms. The molecular weight excluding hydrogens is 262 g/mol. The number of aldehydes is 1. The monoisotopic (exact) mass is 281 g/mol. The van der Waals surface area contributed by atoms with Crippen LogP contribution in [-0.2, 0) is 13.0 Å². The molecule has 108 valence electrons. The minimum Gasteiger partial charge on any atom is -0.492 e. The third-order valence-electron chi connectivity index (χ3n) is 3.92. The van der Waals surface area contributed by atoms with Gasteiger partial charge in [0, 0.05) is 19.6 Å². The molecule has 0 aromatic heterocycles. The second-order valence-corrected chi connectivity index (χ2v) is 5.30. The van der Waals surface area contributed by atoms with Crippen LogP contribution in [0.25, 0.3) is 0 Å². The molecule has 2 aromatic carbocycles. The Hall–Kier alpha value is -2.13. The number of hydrogen-bond acceptors (Lipinski definition) is 3. The van der Waals surface area contributed by atoms with Gasteiger partial charge >= 0.3 is 0 Å². The molecule has 1 aliphatic heterocycles. The molecular formula is C18H19NO2. The molecule has 3 rings (SSSR count). The summed E-state index contributed by atoms with van der Waals surface area (Å²) in [4.78, 5) is 13.3. The lowest BCUT2D eigenvalue weighted by Crippen LogP contribution is -2.33. The molecule has 1 heterocycles. The van der Waals surface area contributed by atoms with Crippen molar-refractivity contribution in [3.63, 3.8) is 0 Å². The van der Waals surface area contributed by atoms with Gasteiger partial charge in [0.05, 0.1) is 5.56 Å². The van der Waals surface area contributed by atoms with Crippen molar-refractivity contribution in [1.82, 2.24) is 4.90 Å². The molecule has 0 N–H and O–H groups in total. The van der Waals surface area contributed by atoms with Gasteiger partial charge in [-0.25, -0.2) is 0 Å². The fourth-order valence-corrected chi connectivity index (χ4v) is 2.74. The SMILES string of the molecule is O=Cc1ccccc1OCCN1CCc2ccccc2C1. The van der Waals surface area contributed by atoms with Crippen molar-refractivity contribution in [2.45, 2.75) is 13.0 Å².